The maximum Gasteiger partial charge on any atom is 0.337 e. The van der Waals surface area contributed by atoms with Gasteiger partial charge in [-0.15, -0.1) is 0 Å². The van der Waals surface area contributed by atoms with E-state index in [0.717, 1.165) is 0 Å². The van der Waals surface area contributed by atoms with Gasteiger partial charge in [0, 0.05) is 5.56 Å². The molecule has 0 spiro atoms. The van der Waals surface area contributed by atoms with Crippen LogP contribution in [0.2, 0.25) is 0 Å². The summed E-state index contributed by atoms with van der Waals surface area (Å²) in [7, 11) is -0.238. The molecule has 1 atom stereocenters. The van der Waals surface area contributed by atoms with Gasteiger partial charge >= 0.3 is 5.97 Å². The van der Waals surface area contributed by atoms with Crippen molar-refractivity contribution in [2.75, 3.05) is 17.8 Å². The third-order valence-corrected chi connectivity index (χ3v) is 5.10. The van der Waals surface area contributed by atoms with Crippen LogP contribution in [0.5, 0.6) is 0 Å². The highest BCUT2D eigenvalue weighted by atomic mass is 32.2. The van der Waals surface area contributed by atoms with Gasteiger partial charge in [-0.2, -0.15) is 0 Å². The summed E-state index contributed by atoms with van der Waals surface area (Å²) in [6.45, 7) is 0.000330. The van der Waals surface area contributed by atoms with E-state index in [9.17, 15) is 18.2 Å². The van der Waals surface area contributed by atoms with Gasteiger partial charge < -0.3 is 9.64 Å². The second kappa shape index (κ2) is 6.52. The molecule has 0 aliphatic carbocycles. The zero-order chi connectivity index (χ0) is 17.3. The first kappa shape index (κ1) is 16.3. The summed E-state index contributed by atoms with van der Waals surface area (Å²) in [5, 5.41) is 0. The first-order valence-electron chi connectivity index (χ1n) is 7.16. The Morgan fingerprint density at radius 3 is 2.75 bits per heavy atom. The second-order valence-corrected chi connectivity index (χ2v) is 6.65. The number of nitrogens with zero attached hydrogens (tertiary/aromatic N) is 1. The van der Waals surface area contributed by atoms with Crippen LogP contribution in [0, 0.1) is 5.82 Å². The summed E-state index contributed by atoms with van der Waals surface area (Å²) in [5.41, 5.74) is 0.921. The Morgan fingerprint density at radius 2 is 2.04 bits per heavy atom. The van der Waals surface area contributed by atoms with Crippen molar-refractivity contribution < 1.29 is 22.9 Å². The maximum absolute atomic E-state index is 13.9. The molecule has 1 aliphatic rings. The van der Waals surface area contributed by atoms with E-state index >= 15 is 0 Å². The number of fused-ring (bicyclic) bond motifs is 1. The van der Waals surface area contributed by atoms with Crippen LogP contribution < -0.4 is 4.90 Å². The molecule has 1 heterocycles. The highest BCUT2D eigenvalue weighted by Gasteiger charge is 2.30. The molecule has 2 aromatic carbocycles. The van der Waals surface area contributed by atoms with Crippen molar-refractivity contribution in [2.24, 2.45) is 0 Å². The minimum Gasteiger partial charge on any atom is -0.465 e. The SMILES string of the molecule is COC(=O)c1ccc2c(c1)N(Cc1ccccc1F)C(=O)CS2=O. The van der Waals surface area contributed by atoms with Crippen molar-refractivity contribution in [2.45, 2.75) is 11.4 Å². The van der Waals surface area contributed by atoms with E-state index in [-0.39, 0.29) is 23.8 Å². The van der Waals surface area contributed by atoms with Crippen LogP contribution in [0.15, 0.2) is 47.4 Å². The summed E-state index contributed by atoms with van der Waals surface area (Å²) in [5.74, 6) is -1.54. The molecule has 3 rings (SSSR count). The predicted octanol–water partition coefficient (Wildman–Crippen LogP) is 2.27. The second-order valence-electron chi connectivity index (χ2n) is 5.24. The summed E-state index contributed by atoms with van der Waals surface area (Å²) >= 11 is 0. The molecule has 0 fully saturated rings. The number of carbonyl (C=O) groups excluding carboxylic acids is 2. The number of esters is 1. The molecule has 2 aromatic rings. The predicted molar refractivity (Wildman–Crippen MR) is 86.6 cm³/mol. The molecule has 0 saturated carbocycles. The average molecular weight is 347 g/mol. The number of halogens is 1. The summed E-state index contributed by atoms with van der Waals surface area (Å²) in [4.78, 5) is 25.8. The number of benzene rings is 2. The van der Waals surface area contributed by atoms with Gasteiger partial charge in [0.1, 0.15) is 11.6 Å². The molecule has 1 unspecified atom stereocenters. The fraction of sp³-hybridized carbons (Fsp3) is 0.176. The van der Waals surface area contributed by atoms with E-state index in [1.54, 1.807) is 24.3 Å². The Bertz CT molecular complexity index is 852. The van der Waals surface area contributed by atoms with Crippen LogP contribution >= 0.6 is 0 Å². The Balaban J connectivity index is 2.06. The Kier molecular flexibility index (Phi) is 4.44. The third kappa shape index (κ3) is 2.94. The zero-order valence-corrected chi connectivity index (χ0v) is 13.6. The molecule has 0 saturated heterocycles. The van der Waals surface area contributed by atoms with Crippen LogP contribution in [0.3, 0.4) is 0 Å². The van der Waals surface area contributed by atoms with E-state index in [1.165, 1.54) is 30.2 Å². The lowest BCUT2D eigenvalue weighted by atomic mass is 10.1. The molecule has 0 N–H and O–H groups in total. The number of ether oxygens (including phenoxy) is 1. The quantitative estimate of drug-likeness (QED) is 0.799. The molecule has 1 aliphatic heterocycles. The van der Waals surface area contributed by atoms with Crippen molar-refractivity contribution in [1.29, 1.82) is 0 Å². The topological polar surface area (TPSA) is 63.7 Å². The zero-order valence-electron chi connectivity index (χ0n) is 12.8. The van der Waals surface area contributed by atoms with E-state index in [1.807, 2.05) is 0 Å². The van der Waals surface area contributed by atoms with E-state index in [4.69, 9.17) is 0 Å². The lowest BCUT2D eigenvalue weighted by molar-refractivity contribution is -0.116. The van der Waals surface area contributed by atoms with Gasteiger partial charge in [0.15, 0.2) is 0 Å². The fourth-order valence-corrected chi connectivity index (χ4v) is 3.70. The van der Waals surface area contributed by atoms with Gasteiger partial charge in [-0.1, -0.05) is 18.2 Å². The van der Waals surface area contributed by atoms with Crippen molar-refractivity contribution in [1.82, 2.24) is 0 Å². The van der Waals surface area contributed by atoms with Crippen molar-refractivity contribution in [3.05, 3.63) is 59.4 Å². The molecule has 7 heteroatoms. The smallest absolute Gasteiger partial charge is 0.337 e. The third-order valence-electron chi connectivity index (χ3n) is 3.76. The molecule has 0 aromatic heterocycles. The summed E-state index contributed by atoms with van der Waals surface area (Å²) < 4.78 is 30.8. The first-order chi connectivity index (χ1) is 11.5. The first-order valence-corrected chi connectivity index (χ1v) is 8.47. The number of methoxy groups -OCH3 is 1. The highest BCUT2D eigenvalue weighted by molar-refractivity contribution is 7.86. The van der Waals surface area contributed by atoms with Gasteiger partial charge in [0.2, 0.25) is 5.91 Å². The lowest BCUT2D eigenvalue weighted by Gasteiger charge is -2.29. The molecule has 0 bridgehead atoms. The number of amides is 1. The standard InChI is InChI=1S/C17H14FNO4S/c1-23-17(21)11-6-7-15-14(8-11)19(16(20)10-24(15)22)9-12-4-2-3-5-13(12)18/h2-8H,9-10H2,1H3. The number of anilines is 1. The van der Waals surface area contributed by atoms with Crippen molar-refractivity contribution in [3.8, 4) is 0 Å². The normalized spacial score (nSPS) is 16.7. The van der Waals surface area contributed by atoms with Crippen LogP contribution in [0.4, 0.5) is 10.1 Å². The van der Waals surface area contributed by atoms with E-state index in [2.05, 4.69) is 4.74 Å². The minimum absolute atomic E-state index is 0.000330. The Morgan fingerprint density at radius 1 is 1.29 bits per heavy atom. The molecule has 24 heavy (non-hydrogen) atoms. The molecule has 1 amide bonds. The highest BCUT2D eigenvalue weighted by Crippen LogP contribution is 2.31. The van der Waals surface area contributed by atoms with Crippen molar-refractivity contribution in [3.63, 3.8) is 0 Å². The molecular weight excluding hydrogens is 333 g/mol. The maximum atomic E-state index is 13.9. The minimum atomic E-state index is -1.49. The van der Waals surface area contributed by atoms with Gasteiger partial charge in [0.25, 0.3) is 0 Å². The molecular formula is C17H14FNO4S. The fourth-order valence-electron chi connectivity index (χ4n) is 2.54. The number of hydrogen-bond donors (Lipinski definition) is 0. The Labute approximate surface area is 140 Å². The molecule has 124 valence electrons. The average Bonchev–Trinajstić information content (AvgIpc) is 2.58. The summed E-state index contributed by atoms with van der Waals surface area (Å²) in [6.07, 6.45) is 0. The van der Waals surface area contributed by atoms with Gasteiger partial charge in [0.05, 0.1) is 40.6 Å². The van der Waals surface area contributed by atoms with Crippen LogP contribution in [-0.4, -0.2) is 28.9 Å². The van der Waals surface area contributed by atoms with Crippen LogP contribution in [-0.2, 0) is 26.9 Å². The number of hydrogen-bond acceptors (Lipinski definition) is 4. The van der Waals surface area contributed by atoms with Gasteiger partial charge in [-0.25, -0.2) is 9.18 Å². The lowest BCUT2D eigenvalue weighted by Crippen LogP contribution is -2.38. The number of rotatable bonds is 3. The van der Waals surface area contributed by atoms with Crippen LogP contribution in [0.25, 0.3) is 0 Å². The molecule has 0 radical (unpaired) electrons. The van der Waals surface area contributed by atoms with Crippen molar-refractivity contribution >= 4 is 28.4 Å². The van der Waals surface area contributed by atoms with E-state index in [0.29, 0.717) is 16.1 Å². The van der Waals surface area contributed by atoms with Gasteiger partial charge in [-0.05, 0) is 24.3 Å². The van der Waals surface area contributed by atoms with E-state index < -0.39 is 22.6 Å². The van der Waals surface area contributed by atoms with Gasteiger partial charge in [-0.3, -0.25) is 9.00 Å². The Hall–Kier alpha value is -2.54. The summed E-state index contributed by atoms with van der Waals surface area (Å²) in [6, 6.07) is 10.6. The van der Waals surface area contributed by atoms with Crippen LogP contribution in [0.1, 0.15) is 15.9 Å². The number of carbonyl (C=O) groups is 2. The largest absolute Gasteiger partial charge is 0.465 e. The molecule has 5 nitrogen and oxygen atoms in total. The monoisotopic (exact) mass is 347 g/mol.